The van der Waals surface area contributed by atoms with Crippen LogP contribution in [0.25, 0.3) is 0 Å². The van der Waals surface area contributed by atoms with Gasteiger partial charge in [0.15, 0.2) is 9.84 Å². The molecule has 0 heterocycles. The highest BCUT2D eigenvalue weighted by Gasteiger charge is 2.30. The van der Waals surface area contributed by atoms with Crippen molar-refractivity contribution in [1.29, 1.82) is 0 Å². The van der Waals surface area contributed by atoms with Gasteiger partial charge in [0.2, 0.25) is 5.91 Å². The van der Waals surface area contributed by atoms with Crippen LogP contribution in [0.4, 0.5) is 18.9 Å². The fourth-order valence-corrected chi connectivity index (χ4v) is 3.34. The summed E-state index contributed by atoms with van der Waals surface area (Å²) < 4.78 is 66.6. The zero-order chi connectivity index (χ0) is 23.2. The topological polar surface area (TPSA) is 75.7 Å². The molecule has 0 fully saturated rings. The minimum atomic E-state index is -4.43. The summed E-state index contributed by atoms with van der Waals surface area (Å²) >= 11 is 0. The number of carbonyl (C=O) groups is 1. The second-order valence-corrected chi connectivity index (χ2v) is 9.19. The Hall–Kier alpha value is -2.59. The number of ether oxygens (including phenoxy) is 1. The first-order chi connectivity index (χ1) is 14.4. The first-order valence-electron chi connectivity index (χ1n) is 9.49. The minimum absolute atomic E-state index is 0.177. The molecule has 2 aromatic carbocycles. The maximum Gasteiger partial charge on any atom is 0.416 e. The molecule has 0 aliphatic carbocycles. The maximum atomic E-state index is 12.6. The summed E-state index contributed by atoms with van der Waals surface area (Å²) in [6.07, 6.45) is -2.72. The van der Waals surface area contributed by atoms with Crippen molar-refractivity contribution in [3.63, 3.8) is 0 Å². The Bertz CT molecular complexity index is 992. The zero-order valence-corrected chi connectivity index (χ0v) is 18.3. The molecule has 170 valence electrons. The molecule has 0 spiro atoms. The molecule has 1 atom stereocenters. The lowest BCUT2D eigenvalue weighted by atomic mass is 10.2. The number of hydrogen-bond acceptors (Lipinski definition) is 5. The average molecular weight is 459 g/mol. The molecule has 0 saturated heterocycles. The third-order valence-electron chi connectivity index (χ3n) is 4.68. The fourth-order valence-electron chi connectivity index (χ4n) is 2.68. The van der Waals surface area contributed by atoms with Crippen molar-refractivity contribution < 1.29 is 31.1 Å². The molecule has 31 heavy (non-hydrogen) atoms. The first-order valence-corrected chi connectivity index (χ1v) is 11.4. The van der Waals surface area contributed by atoms with Crippen molar-refractivity contribution in [2.24, 2.45) is 0 Å². The number of benzene rings is 2. The summed E-state index contributed by atoms with van der Waals surface area (Å²) in [4.78, 5) is 14.3. The van der Waals surface area contributed by atoms with E-state index in [1.165, 1.54) is 24.3 Å². The van der Waals surface area contributed by atoms with Gasteiger partial charge >= 0.3 is 6.18 Å². The molecule has 0 bridgehead atoms. The zero-order valence-electron chi connectivity index (χ0n) is 17.4. The van der Waals surface area contributed by atoms with E-state index in [9.17, 15) is 26.4 Å². The van der Waals surface area contributed by atoms with Gasteiger partial charge in [-0.05, 0) is 62.9 Å². The number of alkyl halides is 3. The number of nitrogens with zero attached hydrogens (tertiary/aromatic N) is 1. The van der Waals surface area contributed by atoms with E-state index in [4.69, 9.17) is 4.74 Å². The minimum Gasteiger partial charge on any atom is -0.494 e. The Morgan fingerprint density at radius 2 is 1.81 bits per heavy atom. The van der Waals surface area contributed by atoms with Crippen LogP contribution < -0.4 is 10.1 Å². The van der Waals surface area contributed by atoms with Crippen molar-refractivity contribution >= 4 is 21.4 Å². The van der Waals surface area contributed by atoms with Crippen LogP contribution in [-0.2, 0) is 20.8 Å². The monoisotopic (exact) mass is 458 g/mol. The van der Waals surface area contributed by atoms with Gasteiger partial charge in [-0.3, -0.25) is 9.69 Å². The Morgan fingerprint density at radius 1 is 1.16 bits per heavy atom. The van der Waals surface area contributed by atoms with Crippen molar-refractivity contribution in [3.05, 3.63) is 54.1 Å². The normalized spacial score (nSPS) is 13.1. The SMILES string of the molecule is CC(C(=O)Nc1ccc(C(F)(F)F)cc1)N(C)CCCOc1cccc(S(C)(=O)=O)c1. The van der Waals surface area contributed by atoms with E-state index in [2.05, 4.69) is 5.32 Å². The highest BCUT2D eigenvalue weighted by Crippen LogP contribution is 2.29. The molecule has 0 aromatic heterocycles. The first kappa shape index (κ1) is 24.7. The van der Waals surface area contributed by atoms with Gasteiger partial charge in [0, 0.05) is 18.5 Å². The molecule has 2 rings (SSSR count). The Labute approximate surface area is 179 Å². The standard InChI is InChI=1S/C21H25F3N2O4S/c1-15(20(27)25-17-10-8-16(9-11-17)21(22,23)24)26(2)12-5-13-30-18-6-4-7-19(14-18)31(3,28)29/h4,6-11,14-15H,5,12-13H2,1-3H3,(H,25,27). The summed E-state index contributed by atoms with van der Waals surface area (Å²) in [5.74, 6) is 0.0997. The van der Waals surface area contributed by atoms with E-state index in [1.807, 2.05) is 0 Å². The quantitative estimate of drug-likeness (QED) is 0.578. The Kier molecular flexibility index (Phi) is 8.08. The number of likely N-dealkylation sites (N-methyl/N-ethyl adjacent to an activating group) is 1. The van der Waals surface area contributed by atoms with Crippen molar-refractivity contribution in [1.82, 2.24) is 4.90 Å². The third-order valence-corrected chi connectivity index (χ3v) is 5.79. The lowest BCUT2D eigenvalue weighted by Gasteiger charge is -2.24. The van der Waals surface area contributed by atoms with Gasteiger partial charge in [-0.25, -0.2) is 8.42 Å². The fraction of sp³-hybridized carbons (Fsp3) is 0.381. The maximum absolute atomic E-state index is 12.6. The van der Waals surface area contributed by atoms with Crippen molar-refractivity contribution in [2.45, 2.75) is 30.5 Å². The van der Waals surface area contributed by atoms with E-state index in [0.29, 0.717) is 25.3 Å². The Morgan fingerprint density at radius 3 is 2.39 bits per heavy atom. The molecule has 10 heteroatoms. The number of halogens is 3. The predicted octanol–water partition coefficient (Wildman–Crippen LogP) is 3.84. The van der Waals surface area contributed by atoms with E-state index < -0.39 is 27.6 Å². The van der Waals surface area contributed by atoms with Crippen LogP contribution in [0, 0.1) is 0 Å². The molecule has 0 aliphatic rings. The second kappa shape index (κ2) is 10.1. The molecular weight excluding hydrogens is 433 g/mol. The molecular formula is C21H25F3N2O4S. The van der Waals surface area contributed by atoms with Gasteiger partial charge in [0.1, 0.15) is 5.75 Å². The molecule has 6 nitrogen and oxygen atoms in total. The molecule has 1 N–H and O–H groups in total. The Balaban J connectivity index is 1.80. The molecule has 1 amide bonds. The highest BCUT2D eigenvalue weighted by atomic mass is 32.2. The number of sulfone groups is 1. The number of anilines is 1. The molecule has 0 radical (unpaired) electrons. The lowest BCUT2D eigenvalue weighted by Crippen LogP contribution is -2.40. The smallest absolute Gasteiger partial charge is 0.416 e. The van der Waals surface area contributed by atoms with Crippen molar-refractivity contribution in [2.75, 3.05) is 31.8 Å². The predicted molar refractivity (Wildman–Crippen MR) is 112 cm³/mol. The van der Waals surface area contributed by atoms with Crippen LogP contribution in [0.5, 0.6) is 5.75 Å². The van der Waals surface area contributed by atoms with E-state index in [1.54, 1.807) is 31.0 Å². The summed E-state index contributed by atoms with van der Waals surface area (Å²) in [5.41, 5.74) is -0.495. The third kappa shape index (κ3) is 7.55. The van der Waals surface area contributed by atoms with Crippen LogP contribution in [0.2, 0.25) is 0 Å². The van der Waals surface area contributed by atoms with Gasteiger partial charge in [0.05, 0.1) is 23.1 Å². The molecule has 0 aliphatic heterocycles. The summed E-state index contributed by atoms with van der Waals surface area (Å²) in [7, 11) is -1.56. The van der Waals surface area contributed by atoms with Gasteiger partial charge < -0.3 is 10.1 Å². The van der Waals surface area contributed by atoms with E-state index in [-0.39, 0.29) is 16.5 Å². The number of hydrogen-bond donors (Lipinski definition) is 1. The van der Waals surface area contributed by atoms with E-state index in [0.717, 1.165) is 18.4 Å². The summed E-state index contributed by atoms with van der Waals surface area (Å²) in [5, 5.41) is 2.60. The van der Waals surface area contributed by atoms with Crippen LogP contribution in [0.15, 0.2) is 53.4 Å². The van der Waals surface area contributed by atoms with Gasteiger partial charge in [-0.1, -0.05) is 6.07 Å². The summed E-state index contributed by atoms with van der Waals surface area (Å²) in [6, 6.07) is 9.96. The largest absolute Gasteiger partial charge is 0.494 e. The van der Waals surface area contributed by atoms with Crippen LogP contribution in [0.3, 0.4) is 0 Å². The van der Waals surface area contributed by atoms with E-state index >= 15 is 0 Å². The van der Waals surface area contributed by atoms with Gasteiger partial charge in [-0.15, -0.1) is 0 Å². The molecule has 1 unspecified atom stereocenters. The molecule has 2 aromatic rings. The van der Waals surface area contributed by atoms with Crippen LogP contribution in [-0.4, -0.2) is 51.7 Å². The molecule has 0 saturated carbocycles. The number of rotatable bonds is 9. The van der Waals surface area contributed by atoms with Gasteiger partial charge in [0.25, 0.3) is 0 Å². The second-order valence-electron chi connectivity index (χ2n) is 7.17. The highest BCUT2D eigenvalue weighted by molar-refractivity contribution is 7.90. The number of amides is 1. The van der Waals surface area contributed by atoms with Crippen LogP contribution in [0.1, 0.15) is 18.9 Å². The lowest BCUT2D eigenvalue weighted by molar-refractivity contribution is -0.137. The number of nitrogens with one attached hydrogen (secondary N) is 1. The van der Waals surface area contributed by atoms with Crippen LogP contribution >= 0.6 is 0 Å². The average Bonchev–Trinajstić information content (AvgIpc) is 2.69. The van der Waals surface area contributed by atoms with Crippen molar-refractivity contribution in [3.8, 4) is 5.75 Å². The number of carbonyl (C=O) groups excluding carboxylic acids is 1. The summed E-state index contributed by atoms with van der Waals surface area (Å²) in [6.45, 7) is 2.54. The van der Waals surface area contributed by atoms with Gasteiger partial charge in [-0.2, -0.15) is 13.2 Å².